The van der Waals surface area contributed by atoms with Crippen LogP contribution in [0.15, 0.2) is 73.4 Å². The Morgan fingerprint density at radius 1 is 1.12 bits per heavy atom. The van der Waals surface area contributed by atoms with E-state index in [2.05, 4.69) is 56.3 Å². The summed E-state index contributed by atoms with van der Waals surface area (Å²) < 4.78 is 15.5. The highest BCUT2D eigenvalue weighted by molar-refractivity contribution is 6.01. The van der Waals surface area contributed by atoms with E-state index in [1.54, 1.807) is 18.3 Å². The van der Waals surface area contributed by atoms with Crippen LogP contribution in [0, 0.1) is 5.82 Å². The number of halogens is 1. The zero-order valence-corrected chi connectivity index (χ0v) is 24.5. The van der Waals surface area contributed by atoms with Gasteiger partial charge in [0.05, 0.1) is 17.1 Å². The van der Waals surface area contributed by atoms with Crippen LogP contribution in [-0.2, 0) is 11.2 Å². The maximum absolute atomic E-state index is 13.6. The molecule has 1 saturated heterocycles. The Balaban J connectivity index is 1.44. The van der Waals surface area contributed by atoms with Crippen LogP contribution in [0.4, 0.5) is 27.3 Å². The lowest BCUT2D eigenvalue weighted by molar-refractivity contribution is -0.111. The first-order valence-corrected chi connectivity index (χ1v) is 14.4. The highest BCUT2D eigenvalue weighted by Crippen LogP contribution is 2.33. The summed E-state index contributed by atoms with van der Waals surface area (Å²) in [6.07, 6.45) is 6.07. The van der Waals surface area contributed by atoms with Gasteiger partial charge in [0, 0.05) is 55.7 Å². The molecule has 5 rings (SSSR count). The van der Waals surface area contributed by atoms with Crippen molar-refractivity contribution in [2.45, 2.75) is 31.7 Å². The SMILES string of the molecule is C=CC(=O)Nc1cc(Nc2cc(-n3c(CCCO)nnc3-c3ccc(F)cc3)ccn2)ccc1N1CCC(N(C)C)CC1. The number of carbonyl (C=O) groups is 1. The van der Waals surface area contributed by atoms with Gasteiger partial charge in [-0.1, -0.05) is 6.58 Å². The van der Waals surface area contributed by atoms with E-state index in [0.717, 1.165) is 43.0 Å². The molecule has 43 heavy (non-hydrogen) atoms. The first-order chi connectivity index (χ1) is 20.9. The van der Waals surface area contributed by atoms with Crippen molar-refractivity contribution in [1.82, 2.24) is 24.6 Å². The van der Waals surface area contributed by atoms with Gasteiger partial charge < -0.3 is 25.5 Å². The summed E-state index contributed by atoms with van der Waals surface area (Å²) in [6, 6.07) is 16.3. The average molecular weight is 585 g/mol. The number of aliphatic hydroxyl groups excluding tert-OH is 1. The Hall–Kier alpha value is -4.61. The molecular weight excluding hydrogens is 547 g/mol. The van der Waals surface area contributed by atoms with Gasteiger partial charge in [0.15, 0.2) is 5.82 Å². The predicted octanol–water partition coefficient (Wildman–Crippen LogP) is 4.79. The highest BCUT2D eigenvalue weighted by Gasteiger charge is 2.23. The van der Waals surface area contributed by atoms with Crippen LogP contribution in [0.25, 0.3) is 17.1 Å². The molecule has 2 aromatic heterocycles. The topological polar surface area (TPSA) is 111 Å². The average Bonchev–Trinajstić information content (AvgIpc) is 3.44. The Labute approximate surface area is 250 Å². The molecule has 0 saturated carbocycles. The van der Waals surface area contributed by atoms with Crippen LogP contribution < -0.4 is 15.5 Å². The van der Waals surface area contributed by atoms with Gasteiger partial charge in [0.25, 0.3) is 0 Å². The number of hydrogen-bond donors (Lipinski definition) is 3. The maximum Gasteiger partial charge on any atom is 0.247 e. The van der Waals surface area contributed by atoms with Gasteiger partial charge in [0.1, 0.15) is 17.5 Å². The fraction of sp³-hybridized carbons (Fsp3) is 0.312. The fourth-order valence-electron chi connectivity index (χ4n) is 5.34. The number of benzene rings is 2. The summed E-state index contributed by atoms with van der Waals surface area (Å²) in [5.74, 6) is 1.19. The fourth-order valence-corrected chi connectivity index (χ4v) is 5.34. The van der Waals surface area contributed by atoms with Gasteiger partial charge in [-0.2, -0.15) is 0 Å². The van der Waals surface area contributed by atoms with E-state index in [4.69, 9.17) is 0 Å². The molecule has 10 nitrogen and oxygen atoms in total. The molecular formula is C32H37FN8O2. The second-order valence-electron chi connectivity index (χ2n) is 10.7. The van der Waals surface area contributed by atoms with Crippen molar-refractivity contribution in [3.8, 4) is 17.1 Å². The molecule has 3 N–H and O–H groups in total. The lowest BCUT2D eigenvalue weighted by Crippen LogP contribution is -2.42. The van der Waals surface area contributed by atoms with Crippen LogP contribution in [0.1, 0.15) is 25.1 Å². The molecule has 3 heterocycles. The third-order valence-electron chi connectivity index (χ3n) is 7.64. The van der Waals surface area contributed by atoms with E-state index in [-0.39, 0.29) is 18.3 Å². The first-order valence-electron chi connectivity index (χ1n) is 14.4. The molecule has 0 aliphatic carbocycles. The number of piperidine rings is 1. The minimum absolute atomic E-state index is 0.0241. The molecule has 0 spiro atoms. The minimum Gasteiger partial charge on any atom is -0.396 e. The molecule has 0 atom stereocenters. The third-order valence-corrected chi connectivity index (χ3v) is 7.64. The zero-order valence-electron chi connectivity index (χ0n) is 24.5. The Morgan fingerprint density at radius 3 is 2.58 bits per heavy atom. The van der Waals surface area contributed by atoms with Crippen molar-refractivity contribution >= 4 is 28.8 Å². The van der Waals surface area contributed by atoms with Crippen molar-refractivity contribution in [3.63, 3.8) is 0 Å². The van der Waals surface area contributed by atoms with Gasteiger partial charge in [-0.3, -0.25) is 9.36 Å². The quantitative estimate of drug-likeness (QED) is 0.216. The molecule has 2 aromatic carbocycles. The number of aliphatic hydroxyl groups is 1. The second kappa shape index (κ2) is 13.6. The van der Waals surface area contributed by atoms with Gasteiger partial charge in [0.2, 0.25) is 5.91 Å². The van der Waals surface area contributed by atoms with Crippen LogP contribution in [0.2, 0.25) is 0 Å². The number of anilines is 4. The number of rotatable bonds is 11. The minimum atomic E-state index is -0.335. The van der Waals surface area contributed by atoms with E-state index in [0.29, 0.717) is 47.6 Å². The highest BCUT2D eigenvalue weighted by atomic mass is 19.1. The number of nitrogens with zero attached hydrogens (tertiary/aromatic N) is 6. The molecule has 4 aromatic rings. The number of aromatic nitrogens is 4. The van der Waals surface area contributed by atoms with Crippen LogP contribution >= 0.6 is 0 Å². The molecule has 0 unspecified atom stereocenters. The van der Waals surface area contributed by atoms with Crippen LogP contribution in [0.3, 0.4) is 0 Å². The molecule has 224 valence electrons. The van der Waals surface area contributed by atoms with Gasteiger partial charge >= 0.3 is 0 Å². The number of hydrogen-bond acceptors (Lipinski definition) is 8. The number of carbonyl (C=O) groups excluding carboxylic acids is 1. The summed E-state index contributed by atoms with van der Waals surface area (Å²) in [4.78, 5) is 21.4. The van der Waals surface area contributed by atoms with E-state index in [1.165, 1.54) is 18.2 Å². The molecule has 0 bridgehead atoms. The van der Waals surface area contributed by atoms with Crippen molar-refractivity contribution in [3.05, 3.63) is 85.1 Å². The molecule has 0 radical (unpaired) electrons. The predicted molar refractivity (Wildman–Crippen MR) is 167 cm³/mol. The smallest absolute Gasteiger partial charge is 0.247 e. The number of pyridine rings is 1. The molecule has 1 fully saturated rings. The summed E-state index contributed by atoms with van der Waals surface area (Å²) in [5.41, 5.74) is 3.87. The van der Waals surface area contributed by atoms with Crippen molar-refractivity contribution in [2.24, 2.45) is 0 Å². The van der Waals surface area contributed by atoms with Crippen molar-refractivity contribution in [1.29, 1.82) is 0 Å². The summed E-state index contributed by atoms with van der Waals surface area (Å²) in [6.45, 7) is 5.42. The van der Waals surface area contributed by atoms with E-state index < -0.39 is 0 Å². The number of amides is 1. The largest absolute Gasteiger partial charge is 0.396 e. The summed E-state index contributed by atoms with van der Waals surface area (Å²) in [5, 5.41) is 24.5. The zero-order chi connectivity index (χ0) is 30.3. The van der Waals surface area contributed by atoms with E-state index in [1.807, 2.05) is 34.9 Å². The second-order valence-corrected chi connectivity index (χ2v) is 10.7. The van der Waals surface area contributed by atoms with Gasteiger partial charge in [-0.05, 0) is 88.0 Å². The molecule has 1 aliphatic rings. The Bertz CT molecular complexity index is 1560. The Kier molecular flexibility index (Phi) is 9.43. The summed E-state index contributed by atoms with van der Waals surface area (Å²) in [7, 11) is 4.23. The molecule has 1 aliphatic heterocycles. The lowest BCUT2D eigenvalue weighted by Gasteiger charge is -2.37. The van der Waals surface area contributed by atoms with E-state index in [9.17, 15) is 14.3 Å². The van der Waals surface area contributed by atoms with Crippen molar-refractivity contribution < 1.29 is 14.3 Å². The normalized spacial score (nSPS) is 13.7. The van der Waals surface area contributed by atoms with E-state index >= 15 is 0 Å². The summed E-state index contributed by atoms with van der Waals surface area (Å²) >= 11 is 0. The standard InChI is InChI=1S/C32H37FN8O2/c1-4-31(43)36-27-20-24(11-12-28(27)40-17-14-25(15-18-40)39(2)3)35-29-21-26(13-16-34-29)41-30(6-5-19-42)37-38-32(41)22-7-9-23(33)10-8-22/h4,7-13,16,20-21,25,42H,1,5-6,14-15,17-19H2,2-3H3,(H,34,35)(H,36,43). The number of nitrogens with one attached hydrogen (secondary N) is 2. The van der Waals surface area contributed by atoms with Gasteiger partial charge in [-0.25, -0.2) is 9.37 Å². The van der Waals surface area contributed by atoms with Crippen molar-refractivity contribution in [2.75, 3.05) is 49.3 Å². The van der Waals surface area contributed by atoms with Crippen LogP contribution in [0.5, 0.6) is 0 Å². The number of aryl methyl sites for hydroxylation is 1. The molecule has 1 amide bonds. The monoisotopic (exact) mass is 584 g/mol. The Morgan fingerprint density at radius 2 is 1.88 bits per heavy atom. The first kappa shape index (κ1) is 29.9. The lowest BCUT2D eigenvalue weighted by atomic mass is 10.0. The third kappa shape index (κ3) is 7.07. The van der Waals surface area contributed by atoms with Crippen LogP contribution in [-0.4, -0.2) is 75.5 Å². The molecule has 11 heteroatoms. The van der Waals surface area contributed by atoms with Gasteiger partial charge in [-0.15, -0.1) is 10.2 Å². The maximum atomic E-state index is 13.6.